The van der Waals surface area contributed by atoms with E-state index in [0.29, 0.717) is 33.1 Å². The standard InChI is InChI=1S/C23H17ClN2O4/c1-30-18-12-6-15(7-13-18)21(27)25(17-10-8-16(24)9-11-17)14-26-22(28)19-4-2-3-5-20(19)23(26)29/h2-13H,14H2,1H3. The minimum absolute atomic E-state index is 0.223. The Balaban J connectivity index is 1.69. The second kappa shape index (κ2) is 8.00. The van der Waals surface area contributed by atoms with Gasteiger partial charge in [-0.2, -0.15) is 0 Å². The summed E-state index contributed by atoms with van der Waals surface area (Å²) in [7, 11) is 1.54. The molecule has 3 amide bonds. The third-order valence-electron chi connectivity index (χ3n) is 4.88. The molecular weight excluding hydrogens is 404 g/mol. The Hall–Kier alpha value is -3.64. The van der Waals surface area contributed by atoms with Crippen LogP contribution in [0.3, 0.4) is 0 Å². The van der Waals surface area contributed by atoms with E-state index in [2.05, 4.69) is 0 Å². The highest BCUT2D eigenvalue weighted by molar-refractivity contribution is 6.30. The van der Waals surface area contributed by atoms with Crippen molar-refractivity contribution < 1.29 is 19.1 Å². The molecule has 0 saturated carbocycles. The van der Waals surface area contributed by atoms with E-state index in [1.165, 1.54) is 4.90 Å². The van der Waals surface area contributed by atoms with Crippen molar-refractivity contribution in [1.82, 2.24) is 4.90 Å². The minimum atomic E-state index is -0.433. The van der Waals surface area contributed by atoms with Crippen molar-refractivity contribution in [3.63, 3.8) is 0 Å². The van der Waals surface area contributed by atoms with E-state index in [-0.39, 0.29) is 12.6 Å². The number of carbonyl (C=O) groups excluding carboxylic acids is 3. The summed E-state index contributed by atoms with van der Waals surface area (Å²) in [4.78, 5) is 41.4. The highest BCUT2D eigenvalue weighted by Crippen LogP contribution is 2.26. The van der Waals surface area contributed by atoms with Gasteiger partial charge in [0.1, 0.15) is 12.4 Å². The molecule has 150 valence electrons. The van der Waals surface area contributed by atoms with Crippen molar-refractivity contribution in [3.05, 3.63) is 94.5 Å². The van der Waals surface area contributed by atoms with E-state index in [1.807, 2.05) is 0 Å². The molecule has 0 saturated heterocycles. The van der Waals surface area contributed by atoms with Crippen molar-refractivity contribution >= 4 is 35.0 Å². The first kappa shape index (κ1) is 19.7. The zero-order chi connectivity index (χ0) is 21.3. The predicted octanol–water partition coefficient (Wildman–Crippen LogP) is 4.25. The topological polar surface area (TPSA) is 66.9 Å². The molecule has 0 atom stereocenters. The number of fused-ring (bicyclic) bond motifs is 1. The fraction of sp³-hybridized carbons (Fsp3) is 0.0870. The van der Waals surface area contributed by atoms with Gasteiger partial charge in [-0.1, -0.05) is 23.7 Å². The van der Waals surface area contributed by atoms with Gasteiger partial charge in [0, 0.05) is 16.3 Å². The van der Waals surface area contributed by atoms with Crippen LogP contribution in [-0.2, 0) is 0 Å². The average molecular weight is 421 g/mol. The van der Waals surface area contributed by atoms with Gasteiger partial charge in [-0.25, -0.2) is 0 Å². The van der Waals surface area contributed by atoms with Crippen LogP contribution in [0.25, 0.3) is 0 Å². The molecule has 3 aromatic rings. The van der Waals surface area contributed by atoms with Gasteiger partial charge in [-0.15, -0.1) is 0 Å². The second-order valence-corrected chi connectivity index (χ2v) is 7.10. The number of hydrogen-bond donors (Lipinski definition) is 0. The lowest BCUT2D eigenvalue weighted by molar-refractivity contribution is 0.0650. The predicted molar refractivity (Wildman–Crippen MR) is 113 cm³/mol. The maximum Gasteiger partial charge on any atom is 0.263 e. The summed E-state index contributed by atoms with van der Waals surface area (Å²) in [6.07, 6.45) is 0. The fourth-order valence-corrected chi connectivity index (χ4v) is 3.41. The Morgan fingerprint density at radius 2 is 1.47 bits per heavy atom. The summed E-state index contributed by atoms with van der Waals surface area (Å²) < 4.78 is 5.14. The molecule has 30 heavy (non-hydrogen) atoms. The maximum absolute atomic E-state index is 13.3. The zero-order valence-corrected chi connectivity index (χ0v) is 16.8. The first-order valence-corrected chi connectivity index (χ1v) is 9.54. The van der Waals surface area contributed by atoms with Gasteiger partial charge in [0.05, 0.1) is 18.2 Å². The maximum atomic E-state index is 13.3. The van der Waals surface area contributed by atoms with Crippen molar-refractivity contribution in [1.29, 1.82) is 0 Å². The molecule has 7 heteroatoms. The van der Waals surface area contributed by atoms with E-state index in [4.69, 9.17) is 16.3 Å². The number of rotatable bonds is 5. The smallest absolute Gasteiger partial charge is 0.263 e. The molecule has 0 spiro atoms. The van der Waals surface area contributed by atoms with Gasteiger partial charge in [0.25, 0.3) is 17.7 Å². The Labute approximate surface area is 178 Å². The first-order chi connectivity index (χ1) is 14.5. The molecule has 1 heterocycles. The number of anilines is 1. The molecule has 3 aromatic carbocycles. The van der Waals surface area contributed by atoms with E-state index in [9.17, 15) is 14.4 Å². The SMILES string of the molecule is COc1ccc(C(=O)N(CN2C(=O)c3ccccc3C2=O)c2ccc(Cl)cc2)cc1. The highest BCUT2D eigenvalue weighted by atomic mass is 35.5. The number of carbonyl (C=O) groups is 3. The van der Waals surface area contributed by atoms with Crippen LogP contribution in [0.4, 0.5) is 5.69 Å². The van der Waals surface area contributed by atoms with Crippen LogP contribution in [0.15, 0.2) is 72.8 Å². The molecule has 0 aromatic heterocycles. The Kier molecular flexibility index (Phi) is 5.25. The van der Waals surface area contributed by atoms with Crippen molar-refractivity contribution in [3.8, 4) is 5.75 Å². The fourth-order valence-electron chi connectivity index (χ4n) is 3.28. The number of imide groups is 1. The van der Waals surface area contributed by atoms with Crippen LogP contribution in [0, 0.1) is 0 Å². The monoisotopic (exact) mass is 420 g/mol. The summed E-state index contributed by atoms with van der Waals surface area (Å²) >= 11 is 5.99. The quantitative estimate of drug-likeness (QED) is 0.579. The largest absolute Gasteiger partial charge is 0.497 e. The first-order valence-electron chi connectivity index (χ1n) is 9.16. The van der Waals surface area contributed by atoms with E-state index >= 15 is 0 Å². The van der Waals surface area contributed by atoms with Crippen molar-refractivity contribution in [2.45, 2.75) is 0 Å². The number of nitrogens with zero attached hydrogens (tertiary/aromatic N) is 2. The number of hydrogen-bond acceptors (Lipinski definition) is 4. The second-order valence-electron chi connectivity index (χ2n) is 6.66. The molecule has 0 aliphatic carbocycles. The van der Waals surface area contributed by atoms with Crippen LogP contribution in [-0.4, -0.2) is 36.4 Å². The molecule has 0 radical (unpaired) electrons. The number of halogens is 1. The summed E-state index contributed by atoms with van der Waals surface area (Å²) in [5.74, 6) is -0.615. The lowest BCUT2D eigenvalue weighted by Gasteiger charge is -2.27. The summed E-state index contributed by atoms with van der Waals surface area (Å²) in [5.41, 5.74) is 1.56. The van der Waals surface area contributed by atoms with Gasteiger partial charge >= 0.3 is 0 Å². The molecule has 1 aliphatic heterocycles. The van der Waals surface area contributed by atoms with Crippen molar-refractivity contribution in [2.75, 3.05) is 18.7 Å². The third kappa shape index (κ3) is 3.53. The van der Waals surface area contributed by atoms with Gasteiger partial charge < -0.3 is 4.74 Å². The molecule has 0 fully saturated rings. The summed E-state index contributed by atoms with van der Waals surface area (Å²) in [6, 6.07) is 19.9. The van der Waals surface area contributed by atoms with Crippen LogP contribution < -0.4 is 9.64 Å². The minimum Gasteiger partial charge on any atom is -0.497 e. The highest BCUT2D eigenvalue weighted by Gasteiger charge is 2.37. The van der Waals surface area contributed by atoms with Gasteiger partial charge in [-0.05, 0) is 60.7 Å². The molecule has 6 nitrogen and oxygen atoms in total. The third-order valence-corrected chi connectivity index (χ3v) is 5.13. The lowest BCUT2D eigenvalue weighted by atomic mass is 10.1. The summed E-state index contributed by atoms with van der Waals surface area (Å²) in [6.45, 7) is -0.223. The Morgan fingerprint density at radius 1 is 0.900 bits per heavy atom. The number of amides is 3. The van der Waals surface area contributed by atoms with Gasteiger partial charge in [0.2, 0.25) is 0 Å². The van der Waals surface area contributed by atoms with Gasteiger partial charge in [0.15, 0.2) is 0 Å². The number of benzene rings is 3. The summed E-state index contributed by atoms with van der Waals surface area (Å²) in [5, 5.41) is 0.510. The number of ether oxygens (including phenoxy) is 1. The van der Waals surface area contributed by atoms with Crippen LogP contribution in [0.2, 0.25) is 5.02 Å². The molecule has 4 rings (SSSR count). The van der Waals surface area contributed by atoms with Crippen molar-refractivity contribution in [2.24, 2.45) is 0 Å². The van der Waals surface area contributed by atoms with Crippen LogP contribution in [0.5, 0.6) is 5.75 Å². The van der Waals surface area contributed by atoms with E-state index in [1.54, 1.807) is 79.9 Å². The van der Waals surface area contributed by atoms with E-state index in [0.717, 1.165) is 4.90 Å². The van der Waals surface area contributed by atoms with Crippen LogP contribution in [0.1, 0.15) is 31.1 Å². The normalized spacial score (nSPS) is 12.7. The molecule has 1 aliphatic rings. The average Bonchev–Trinajstić information content (AvgIpc) is 3.02. The number of methoxy groups -OCH3 is 1. The molecule has 0 N–H and O–H groups in total. The lowest BCUT2D eigenvalue weighted by Crippen LogP contribution is -2.44. The van der Waals surface area contributed by atoms with E-state index < -0.39 is 11.8 Å². The molecule has 0 bridgehead atoms. The van der Waals surface area contributed by atoms with Crippen LogP contribution >= 0.6 is 11.6 Å². The zero-order valence-electron chi connectivity index (χ0n) is 16.0. The molecular formula is C23H17ClN2O4. The molecule has 0 unspecified atom stereocenters. The van der Waals surface area contributed by atoms with Gasteiger partial charge in [-0.3, -0.25) is 24.2 Å². The Morgan fingerprint density at radius 3 is 2.00 bits per heavy atom. The Bertz CT molecular complexity index is 1090.